The predicted octanol–water partition coefficient (Wildman–Crippen LogP) is 0.198. The van der Waals surface area contributed by atoms with E-state index in [1.54, 1.807) is 0 Å². The number of hydrogen-bond acceptors (Lipinski definition) is 4. The zero-order chi connectivity index (χ0) is 12.7. The van der Waals surface area contributed by atoms with Gasteiger partial charge in [-0.25, -0.2) is 13.6 Å². The molecule has 6 nitrogen and oxygen atoms in total. The molecule has 0 aliphatic carbocycles. The topological polar surface area (TPSA) is 115 Å². The van der Waals surface area contributed by atoms with Crippen LogP contribution in [0.15, 0.2) is 21.9 Å². The number of primary sulfonamides is 1. The Bertz CT molecular complexity index is 631. The molecule has 0 bridgehead atoms. The average Bonchev–Trinajstić information content (AvgIpc) is 1.97. The minimum Gasteiger partial charge on any atom is -0.282 e. The van der Waals surface area contributed by atoms with Crippen molar-refractivity contribution in [2.45, 2.75) is 23.6 Å². The van der Waals surface area contributed by atoms with Crippen LogP contribution in [0.5, 0.6) is 0 Å². The van der Waals surface area contributed by atoms with Gasteiger partial charge in [0.25, 0.3) is 10.1 Å². The fraction of sp³-hybridized carbons (Fsp3) is 0.250. The van der Waals surface area contributed by atoms with Crippen molar-refractivity contribution in [3.05, 3.63) is 23.3 Å². The van der Waals surface area contributed by atoms with Crippen LogP contribution in [0.4, 0.5) is 0 Å². The standard InChI is InChI=1S/C8H11NO5S2/c1-5-3-4-7(15(9,10)11)6(2)8(5)16(12,13)14/h3-4H,1-2H3,(H2,9,10,11)(H,12,13,14). The highest BCUT2D eigenvalue weighted by molar-refractivity contribution is 7.89. The van der Waals surface area contributed by atoms with Gasteiger partial charge in [-0.1, -0.05) is 6.07 Å². The summed E-state index contributed by atoms with van der Waals surface area (Å²) in [6.45, 7) is 2.72. The fourth-order valence-electron chi connectivity index (χ4n) is 1.51. The van der Waals surface area contributed by atoms with Crippen molar-refractivity contribution < 1.29 is 21.4 Å². The number of rotatable bonds is 2. The zero-order valence-electron chi connectivity index (χ0n) is 8.63. The summed E-state index contributed by atoms with van der Waals surface area (Å²) in [5.74, 6) is 0. The van der Waals surface area contributed by atoms with Crippen LogP contribution >= 0.6 is 0 Å². The molecule has 0 heterocycles. The molecule has 0 atom stereocenters. The highest BCUT2D eigenvalue weighted by atomic mass is 32.2. The third-order valence-corrected chi connectivity index (χ3v) is 4.32. The Morgan fingerprint density at radius 1 is 1.12 bits per heavy atom. The molecule has 0 aromatic heterocycles. The van der Waals surface area contributed by atoms with Gasteiger partial charge in [0.15, 0.2) is 0 Å². The molecule has 0 spiro atoms. The van der Waals surface area contributed by atoms with Crippen LogP contribution in [0.25, 0.3) is 0 Å². The Hall–Kier alpha value is -0.960. The molecule has 1 aromatic rings. The van der Waals surface area contributed by atoms with Crippen molar-refractivity contribution in [1.82, 2.24) is 0 Å². The first-order valence-corrected chi connectivity index (χ1v) is 7.14. The van der Waals surface area contributed by atoms with E-state index >= 15 is 0 Å². The molecule has 0 fully saturated rings. The molecule has 0 aliphatic rings. The van der Waals surface area contributed by atoms with Crippen LogP contribution in [0.3, 0.4) is 0 Å². The molecule has 1 rings (SSSR count). The first kappa shape index (κ1) is 13.1. The summed E-state index contributed by atoms with van der Waals surface area (Å²) in [7, 11) is -8.48. The summed E-state index contributed by atoms with van der Waals surface area (Å²) in [6, 6.07) is 2.48. The third kappa shape index (κ3) is 2.40. The molecule has 90 valence electrons. The van der Waals surface area contributed by atoms with Crippen molar-refractivity contribution >= 4 is 20.1 Å². The van der Waals surface area contributed by atoms with Crippen LogP contribution in [-0.2, 0) is 20.1 Å². The largest absolute Gasteiger partial charge is 0.295 e. The second-order valence-corrected chi connectivity index (χ2v) is 6.24. The van der Waals surface area contributed by atoms with Crippen LogP contribution in [0.1, 0.15) is 11.1 Å². The molecule has 0 amide bonds. The van der Waals surface area contributed by atoms with Crippen LogP contribution < -0.4 is 5.14 Å². The molecule has 1 aromatic carbocycles. The molecule has 3 N–H and O–H groups in total. The van der Waals surface area contributed by atoms with E-state index in [0.29, 0.717) is 0 Å². The van der Waals surface area contributed by atoms with Crippen molar-refractivity contribution in [1.29, 1.82) is 0 Å². The van der Waals surface area contributed by atoms with E-state index in [9.17, 15) is 16.8 Å². The second kappa shape index (κ2) is 3.81. The maximum atomic E-state index is 11.1. The summed E-state index contributed by atoms with van der Waals surface area (Å²) >= 11 is 0. The van der Waals surface area contributed by atoms with Gasteiger partial charge in [0.05, 0.1) is 4.90 Å². The summed E-state index contributed by atoms with van der Waals surface area (Å²) in [5, 5.41) is 4.92. The highest BCUT2D eigenvalue weighted by Gasteiger charge is 2.22. The first-order valence-electron chi connectivity index (χ1n) is 4.15. The molecule has 0 aliphatic heterocycles. The normalized spacial score (nSPS) is 12.8. The summed E-state index contributed by atoms with van der Waals surface area (Å²) < 4.78 is 53.4. The summed E-state index contributed by atoms with van der Waals surface area (Å²) in [5.41, 5.74) is 0.178. The maximum absolute atomic E-state index is 11.1. The van der Waals surface area contributed by atoms with E-state index in [4.69, 9.17) is 9.69 Å². The van der Waals surface area contributed by atoms with Gasteiger partial charge in [0.1, 0.15) is 4.90 Å². The predicted molar refractivity (Wildman–Crippen MR) is 57.1 cm³/mol. The van der Waals surface area contributed by atoms with Gasteiger partial charge in [-0.3, -0.25) is 4.55 Å². The summed E-state index contributed by atoms with van der Waals surface area (Å²) in [6.07, 6.45) is 0. The van der Waals surface area contributed by atoms with Crippen molar-refractivity contribution in [2.24, 2.45) is 5.14 Å². The Morgan fingerprint density at radius 3 is 2.00 bits per heavy atom. The lowest BCUT2D eigenvalue weighted by molar-refractivity contribution is 0.481. The highest BCUT2D eigenvalue weighted by Crippen LogP contribution is 2.25. The molecular weight excluding hydrogens is 254 g/mol. The van der Waals surface area contributed by atoms with E-state index in [1.165, 1.54) is 26.0 Å². The van der Waals surface area contributed by atoms with Gasteiger partial charge in [-0.15, -0.1) is 0 Å². The van der Waals surface area contributed by atoms with Gasteiger partial charge in [0, 0.05) is 0 Å². The SMILES string of the molecule is Cc1ccc(S(N)(=O)=O)c(C)c1S(=O)(=O)O. The number of sulfonamides is 1. The first-order chi connectivity index (χ1) is 7.05. The van der Waals surface area contributed by atoms with E-state index in [2.05, 4.69) is 0 Å². The fourth-order valence-corrected chi connectivity index (χ4v) is 3.34. The summed E-state index contributed by atoms with van der Waals surface area (Å²) in [4.78, 5) is -0.732. The number of nitrogens with two attached hydrogens (primary N) is 1. The van der Waals surface area contributed by atoms with Crippen molar-refractivity contribution in [3.8, 4) is 0 Å². The Kier molecular flexibility index (Phi) is 3.12. The lowest BCUT2D eigenvalue weighted by Gasteiger charge is -2.10. The van der Waals surface area contributed by atoms with Crippen LogP contribution in [0.2, 0.25) is 0 Å². The van der Waals surface area contributed by atoms with Gasteiger partial charge in [-0.2, -0.15) is 8.42 Å². The molecule has 16 heavy (non-hydrogen) atoms. The quantitative estimate of drug-likeness (QED) is 0.741. The average molecular weight is 265 g/mol. The molecular formula is C8H11NO5S2. The van der Waals surface area contributed by atoms with Gasteiger partial charge < -0.3 is 0 Å². The van der Waals surface area contributed by atoms with Gasteiger partial charge >= 0.3 is 0 Å². The molecule has 0 unspecified atom stereocenters. The Morgan fingerprint density at radius 2 is 1.62 bits per heavy atom. The van der Waals surface area contributed by atoms with Crippen molar-refractivity contribution in [3.63, 3.8) is 0 Å². The zero-order valence-corrected chi connectivity index (χ0v) is 10.3. The molecule has 8 heteroatoms. The monoisotopic (exact) mass is 265 g/mol. The molecule has 0 saturated carbocycles. The van der Waals surface area contributed by atoms with E-state index in [-0.39, 0.29) is 16.0 Å². The lowest BCUT2D eigenvalue weighted by atomic mass is 10.1. The van der Waals surface area contributed by atoms with Gasteiger partial charge in [-0.05, 0) is 31.0 Å². The van der Waals surface area contributed by atoms with Crippen LogP contribution in [0, 0.1) is 13.8 Å². The van der Waals surface area contributed by atoms with Crippen LogP contribution in [-0.4, -0.2) is 21.4 Å². The number of aryl methyl sites for hydroxylation is 1. The van der Waals surface area contributed by atoms with E-state index in [1.807, 2.05) is 0 Å². The van der Waals surface area contributed by atoms with E-state index in [0.717, 1.165) is 0 Å². The van der Waals surface area contributed by atoms with Crippen molar-refractivity contribution in [2.75, 3.05) is 0 Å². The molecule has 0 saturated heterocycles. The molecule has 0 radical (unpaired) electrons. The number of benzene rings is 1. The number of hydrogen-bond donors (Lipinski definition) is 2. The lowest BCUT2D eigenvalue weighted by Crippen LogP contribution is -2.16. The minimum atomic E-state index is -4.47. The Labute approximate surface area is 93.9 Å². The van der Waals surface area contributed by atoms with Gasteiger partial charge in [0.2, 0.25) is 10.0 Å². The maximum Gasteiger partial charge on any atom is 0.295 e. The van der Waals surface area contributed by atoms with E-state index < -0.39 is 25.0 Å². The second-order valence-electron chi connectivity index (χ2n) is 3.35. The third-order valence-electron chi connectivity index (χ3n) is 2.12. The minimum absolute atomic E-state index is 0.0787. The smallest absolute Gasteiger partial charge is 0.282 e. The Balaban J connectivity index is 3.79.